The lowest BCUT2D eigenvalue weighted by molar-refractivity contribution is 0.0761. The highest BCUT2D eigenvalue weighted by Crippen LogP contribution is 2.28. The van der Waals surface area contributed by atoms with Crippen LogP contribution in [-0.2, 0) is 11.3 Å². The Morgan fingerprint density at radius 1 is 1.10 bits per heavy atom. The zero-order chi connectivity index (χ0) is 27.6. The molecule has 0 radical (unpaired) electrons. The maximum atomic E-state index is 13.0. The first-order valence-electron chi connectivity index (χ1n) is 13.6. The van der Waals surface area contributed by atoms with Crippen LogP contribution in [0.25, 0.3) is 10.9 Å². The summed E-state index contributed by atoms with van der Waals surface area (Å²) >= 11 is 0. The maximum Gasteiger partial charge on any atom is 0.253 e. The van der Waals surface area contributed by atoms with E-state index >= 15 is 0 Å². The molecule has 0 spiro atoms. The van der Waals surface area contributed by atoms with Crippen molar-refractivity contribution in [3.8, 4) is 5.75 Å². The van der Waals surface area contributed by atoms with Crippen LogP contribution in [0, 0.1) is 0 Å². The van der Waals surface area contributed by atoms with Crippen molar-refractivity contribution >= 4 is 16.8 Å². The van der Waals surface area contributed by atoms with Gasteiger partial charge < -0.3 is 30.2 Å². The second-order valence-corrected chi connectivity index (χ2v) is 9.67. The predicted molar refractivity (Wildman–Crippen MR) is 153 cm³/mol. The van der Waals surface area contributed by atoms with Crippen LogP contribution in [0.4, 0.5) is 0 Å². The summed E-state index contributed by atoms with van der Waals surface area (Å²) in [5, 5.41) is 24.6. The Hall–Kier alpha value is -3.88. The number of hydrogen-bond donors (Lipinski definition) is 4. The zero-order valence-electron chi connectivity index (χ0n) is 22.4. The maximum absolute atomic E-state index is 13.0. The average Bonchev–Trinajstić information content (AvgIpc) is 2.96. The SMILES string of the molecule is CCN(CCCCNC[C@H](O)c1ccc(O)c2[nH]c(=O)ccc12)C(=O)c1ccc(COC2=CCCC=C2)cc1. The minimum Gasteiger partial charge on any atom is -0.506 e. The lowest BCUT2D eigenvalue weighted by Crippen LogP contribution is -2.32. The zero-order valence-corrected chi connectivity index (χ0v) is 22.4. The number of hydrogen-bond acceptors (Lipinski definition) is 6. The molecule has 1 heterocycles. The molecule has 1 aliphatic rings. The van der Waals surface area contributed by atoms with Crippen LogP contribution < -0.4 is 10.9 Å². The molecule has 206 valence electrons. The van der Waals surface area contributed by atoms with Gasteiger partial charge in [0.05, 0.1) is 11.6 Å². The third-order valence-electron chi connectivity index (χ3n) is 6.87. The smallest absolute Gasteiger partial charge is 0.253 e. The number of H-pyrrole nitrogens is 1. The number of pyridine rings is 1. The number of phenolic OH excluding ortho intramolecular Hbond substituents is 1. The van der Waals surface area contributed by atoms with Crippen molar-refractivity contribution in [1.82, 2.24) is 15.2 Å². The molecule has 0 aliphatic heterocycles. The van der Waals surface area contributed by atoms with Gasteiger partial charge in [-0.2, -0.15) is 0 Å². The van der Waals surface area contributed by atoms with E-state index < -0.39 is 6.10 Å². The number of aromatic hydroxyl groups is 1. The molecule has 4 N–H and O–H groups in total. The molecule has 4 rings (SSSR count). The third kappa shape index (κ3) is 7.59. The van der Waals surface area contributed by atoms with Gasteiger partial charge in [0.1, 0.15) is 18.1 Å². The van der Waals surface area contributed by atoms with Crippen molar-refractivity contribution in [2.24, 2.45) is 0 Å². The van der Waals surface area contributed by atoms with Gasteiger partial charge in [-0.1, -0.05) is 24.3 Å². The van der Waals surface area contributed by atoms with Gasteiger partial charge in [0.15, 0.2) is 0 Å². The Kier molecular flexibility index (Phi) is 9.94. The van der Waals surface area contributed by atoms with Gasteiger partial charge in [0, 0.05) is 36.7 Å². The van der Waals surface area contributed by atoms with Crippen LogP contribution >= 0.6 is 0 Å². The molecule has 1 amide bonds. The molecule has 1 atom stereocenters. The van der Waals surface area contributed by atoms with Crippen LogP contribution in [0.2, 0.25) is 0 Å². The summed E-state index contributed by atoms with van der Waals surface area (Å²) in [7, 11) is 0. The number of allylic oxidation sites excluding steroid dienone is 3. The summed E-state index contributed by atoms with van der Waals surface area (Å²) in [5.41, 5.74) is 2.34. The number of fused-ring (bicyclic) bond motifs is 1. The van der Waals surface area contributed by atoms with Crippen LogP contribution in [0.1, 0.15) is 60.2 Å². The molecule has 3 aromatic rings. The fraction of sp³-hybridized carbons (Fsp3) is 0.355. The van der Waals surface area contributed by atoms with E-state index in [1.165, 1.54) is 12.1 Å². The highest BCUT2D eigenvalue weighted by atomic mass is 16.5. The topological polar surface area (TPSA) is 115 Å². The number of phenols is 1. The number of benzene rings is 2. The summed E-state index contributed by atoms with van der Waals surface area (Å²) in [4.78, 5) is 29.1. The molecule has 8 nitrogen and oxygen atoms in total. The number of aromatic amines is 1. The standard InChI is InChI=1S/C31H37N3O5/c1-2-34(31(38)23-12-10-22(11-13-23)21-39-24-8-4-3-5-9-24)19-7-6-18-32-20-28(36)25-14-16-27(35)30-26(25)15-17-29(37)33-30/h4,8-17,28,32,35-36H,2-3,5-7,18-21H2,1H3,(H,33,37)/t28-/m0/s1. The lowest BCUT2D eigenvalue weighted by Gasteiger charge is -2.21. The van der Waals surface area contributed by atoms with Crippen molar-refractivity contribution in [2.45, 2.75) is 45.3 Å². The first-order chi connectivity index (χ1) is 19.0. The average molecular weight is 532 g/mol. The van der Waals surface area contributed by atoms with Crippen molar-refractivity contribution in [2.75, 3.05) is 26.2 Å². The van der Waals surface area contributed by atoms with Crippen LogP contribution in [0.15, 0.2) is 77.3 Å². The molecule has 1 aliphatic carbocycles. The van der Waals surface area contributed by atoms with E-state index in [4.69, 9.17) is 4.74 Å². The fourth-order valence-electron chi connectivity index (χ4n) is 4.64. The Balaban J connectivity index is 1.19. The van der Waals surface area contributed by atoms with Gasteiger partial charge in [0.25, 0.3) is 5.91 Å². The fourth-order valence-corrected chi connectivity index (χ4v) is 4.64. The summed E-state index contributed by atoms with van der Waals surface area (Å²) < 4.78 is 5.83. The Bertz CT molecular complexity index is 1380. The Labute approximate surface area is 228 Å². The van der Waals surface area contributed by atoms with Crippen LogP contribution in [-0.4, -0.2) is 52.2 Å². The third-order valence-corrected chi connectivity index (χ3v) is 6.87. The normalized spacial score (nSPS) is 13.7. The first kappa shape index (κ1) is 28.1. The molecule has 0 fully saturated rings. The summed E-state index contributed by atoms with van der Waals surface area (Å²) in [6, 6.07) is 13.7. The van der Waals surface area contributed by atoms with Gasteiger partial charge in [-0.25, -0.2) is 0 Å². The number of carbonyl (C=O) groups is 1. The second kappa shape index (κ2) is 13.8. The number of carbonyl (C=O) groups excluding carboxylic acids is 1. The molecular weight excluding hydrogens is 494 g/mol. The van der Waals surface area contributed by atoms with E-state index in [-0.39, 0.29) is 17.2 Å². The summed E-state index contributed by atoms with van der Waals surface area (Å²) in [6.07, 6.45) is 9.15. The molecule has 0 saturated carbocycles. The molecule has 0 unspecified atom stereocenters. The van der Waals surface area contributed by atoms with E-state index in [0.29, 0.717) is 54.8 Å². The molecule has 39 heavy (non-hydrogen) atoms. The van der Waals surface area contributed by atoms with Gasteiger partial charge in [-0.3, -0.25) is 9.59 Å². The number of nitrogens with one attached hydrogen (secondary N) is 2. The van der Waals surface area contributed by atoms with E-state index in [1.54, 1.807) is 12.1 Å². The van der Waals surface area contributed by atoms with Crippen molar-refractivity contribution < 1.29 is 19.7 Å². The van der Waals surface area contributed by atoms with E-state index in [1.807, 2.05) is 42.2 Å². The summed E-state index contributed by atoms with van der Waals surface area (Å²) in [5.74, 6) is 0.884. The number of nitrogens with zero attached hydrogens (tertiary/aromatic N) is 1. The number of ether oxygens (including phenoxy) is 1. The Morgan fingerprint density at radius 2 is 1.92 bits per heavy atom. The number of aliphatic hydroxyl groups excluding tert-OH is 1. The highest BCUT2D eigenvalue weighted by Gasteiger charge is 2.15. The predicted octanol–water partition coefficient (Wildman–Crippen LogP) is 4.55. The minimum absolute atomic E-state index is 0.0171. The van der Waals surface area contributed by atoms with Gasteiger partial charge in [-0.15, -0.1) is 0 Å². The van der Waals surface area contributed by atoms with Crippen molar-refractivity contribution in [3.05, 3.63) is 99.6 Å². The lowest BCUT2D eigenvalue weighted by atomic mass is 10.0. The molecular formula is C31H37N3O5. The van der Waals surface area contributed by atoms with Crippen molar-refractivity contribution in [3.63, 3.8) is 0 Å². The quantitative estimate of drug-likeness (QED) is 0.241. The van der Waals surface area contributed by atoms with Gasteiger partial charge in [0.2, 0.25) is 5.56 Å². The number of aliphatic hydroxyl groups is 1. The van der Waals surface area contributed by atoms with Gasteiger partial charge >= 0.3 is 0 Å². The largest absolute Gasteiger partial charge is 0.506 e. The first-order valence-corrected chi connectivity index (χ1v) is 13.6. The number of aromatic nitrogens is 1. The number of rotatable bonds is 13. The molecule has 8 heteroatoms. The molecule has 2 aromatic carbocycles. The molecule has 0 bridgehead atoms. The highest BCUT2D eigenvalue weighted by molar-refractivity contribution is 5.94. The van der Waals surface area contributed by atoms with Crippen molar-refractivity contribution in [1.29, 1.82) is 0 Å². The summed E-state index contributed by atoms with van der Waals surface area (Å²) in [6.45, 7) is 4.77. The van der Waals surface area contributed by atoms with E-state index in [0.717, 1.165) is 37.0 Å². The van der Waals surface area contributed by atoms with Gasteiger partial charge in [-0.05, 0) is 86.7 Å². The van der Waals surface area contributed by atoms with E-state index in [2.05, 4.69) is 22.5 Å². The second-order valence-electron chi connectivity index (χ2n) is 9.67. The monoisotopic (exact) mass is 531 g/mol. The number of amides is 1. The van der Waals surface area contributed by atoms with E-state index in [9.17, 15) is 19.8 Å². The molecule has 1 aromatic heterocycles. The Morgan fingerprint density at radius 3 is 2.67 bits per heavy atom. The van der Waals surface area contributed by atoms with Crippen LogP contribution in [0.5, 0.6) is 5.75 Å². The minimum atomic E-state index is -0.794. The number of unbranched alkanes of at least 4 members (excludes halogenated alkanes) is 1. The van der Waals surface area contributed by atoms with Crippen LogP contribution in [0.3, 0.4) is 0 Å². The molecule has 0 saturated heterocycles.